The van der Waals surface area contributed by atoms with Gasteiger partial charge < -0.3 is 14.9 Å². The number of benzene rings is 1. The van der Waals surface area contributed by atoms with Gasteiger partial charge in [0, 0.05) is 44.9 Å². The first-order valence-electron chi connectivity index (χ1n) is 10.2. The van der Waals surface area contributed by atoms with Crippen molar-refractivity contribution in [3.05, 3.63) is 29.8 Å². The highest BCUT2D eigenvalue weighted by Gasteiger charge is 2.32. The van der Waals surface area contributed by atoms with Gasteiger partial charge in [-0.05, 0) is 37.0 Å². The van der Waals surface area contributed by atoms with Crippen molar-refractivity contribution in [2.24, 2.45) is 0 Å². The van der Waals surface area contributed by atoms with Gasteiger partial charge in [0.15, 0.2) is 0 Å². The fourth-order valence-corrected chi connectivity index (χ4v) is 4.49. The van der Waals surface area contributed by atoms with Gasteiger partial charge in [0.25, 0.3) is 0 Å². The number of rotatable bonds is 8. The topological polar surface area (TPSA) is 56.2 Å². The number of ether oxygens (including phenoxy) is 1. The van der Waals surface area contributed by atoms with Crippen molar-refractivity contribution < 1.29 is 14.9 Å². The predicted molar refractivity (Wildman–Crippen MR) is 103 cm³/mol. The molecule has 0 unspecified atom stereocenters. The van der Waals surface area contributed by atoms with Crippen LogP contribution in [-0.2, 0) is 6.54 Å². The van der Waals surface area contributed by atoms with Crippen molar-refractivity contribution in [2.45, 2.75) is 57.2 Å². The molecule has 26 heavy (non-hydrogen) atoms. The maximum absolute atomic E-state index is 9.54. The summed E-state index contributed by atoms with van der Waals surface area (Å²) in [6.07, 6.45) is 7.65. The Morgan fingerprint density at radius 3 is 2.42 bits per heavy atom. The van der Waals surface area contributed by atoms with Crippen molar-refractivity contribution >= 4 is 0 Å². The quantitative estimate of drug-likeness (QED) is 0.743. The molecule has 0 radical (unpaired) electrons. The lowest BCUT2D eigenvalue weighted by atomic mass is 9.91. The molecule has 1 saturated heterocycles. The highest BCUT2D eigenvalue weighted by Crippen LogP contribution is 2.27. The molecule has 3 rings (SSSR count). The molecule has 5 heteroatoms. The van der Waals surface area contributed by atoms with Crippen molar-refractivity contribution in [3.63, 3.8) is 0 Å². The van der Waals surface area contributed by atoms with E-state index in [0.717, 1.165) is 44.4 Å². The van der Waals surface area contributed by atoms with Crippen LogP contribution in [0.1, 0.15) is 44.1 Å². The van der Waals surface area contributed by atoms with Crippen LogP contribution in [0.2, 0.25) is 0 Å². The Kier molecular flexibility index (Phi) is 7.74. The predicted octanol–water partition coefficient (Wildman–Crippen LogP) is 2.26. The molecule has 1 aromatic rings. The van der Waals surface area contributed by atoms with E-state index < -0.39 is 0 Å². The number of hydrogen-bond donors (Lipinski definition) is 2. The molecular weight excluding hydrogens is 328 g/mol. The van der Waals surface area contributed by atoms with E-state index in [0.29, 0.717) is 12.6 Å². The summed E-state index contributed by atoms with van der Waals surface area (Å²) < 4.78 is 5.43. The summed E-state index contributed by atoms with van der Waals surface area (Å²) >= 11 is 0. The zero-order chi connectivity index (χ0) is 18.2. The van der Waals surface area contributed by atoms with Crippen molar-refractivity contribution in [1.82, 2.24) is 9.80 Å². The summed E-state index contributed by atoms with van der Waals surface area (Å²) in [7, 11) is 0. The van der Waals surface area contributed by atoms with Gasteiger partial charge in [-0.3, -0.25) is 9.80 Å². The molecule has 0 spiro atoms. The summed E-state index contributed by atoms with van der Waals surface area (Å²) in [6, 6.07) is 9.39. The lowest BCUT2D eigenvalue weighted by Crippen LogP contribution is -2.56. The highest BCUT2D eigenvalue weighted by atomic mass is 16.5. The summed E-state index contributed by atoms with van der Waals surface area (Å²) in [5.41, 5.74) is 1.29. The van der Waals surface area contributed by atoms with Gasteiger partial charge in [-0.25, -0.2) is 0 Å². The third-order valence-corrected chi connectivity index (χ3v) is 5.81. The van der Waals surface area contributed by atoms with Crippen molar-refractivity contribution in [1.29, 1.82) is 0 Å². The van der Waals surface area contributed by atoms with Crippen LogP contribution in [0, 0.1) is 0 Å². The van der Waals surface area contributed by atoms with E-state index in [1.807, 2.05) is 12.1 Å². The van der Waals surface area contributed by atoms with Crippen molar-refractivity contribution in [2.75, 3.05) is 39.5 Å². The second-order valence-electron chi connectivity index (χ2n) is 7.65. The molecule has 5 nitrogen and oxygen atoms in total. The minimum absolute atomic E-state index is 0.0409. The molecular formula is C21H34N2O3. The monoisotopic (exact) mass is 362 g/mol. The summed E-state index contributed by atoms with van der Waals surface area (Å²) in [4.78, 5) is 5.21. The lowest BCUT2D eigenvalue weighted by Gasteiger charge is -2.46. The van der Waals surface area contributed by atoms with E-state index in [4.69, 9.17) is 9.84 Å². The molecule has 0 aromatic heterocycles. The molecule has 1 atom stereocenters. The lowest BCUT2D eigenvalue weighted by molar-refractivity contribution is 0.0137. The largest absolute Gasteiger partial charge is 0.491 e. The third kappa shape index (κ3) is 5.43. The maximum Gasteiger partial charge on any atom is 0.119 e. The van der Waals surface area contributed by atoms with Crippen LogP contribution in [0.4, 0.5) is 0 Å². The molecule has 2 fully saturated rings. The van der Waals surface area contributed by atoms with Crippen LogP contribution >= 0.6 is 0 Å². The molecule has 0 bridgehead atoms. The van der Waals surface area contributed by atoms with E-state index in [-0.39, 0.29) is 13.2 Å². The molecule has 1 saturated carbocycles. The van der Waals surface area contributed by atoms with Crippen LogP contribution in [0.25, 0.3) is 0 Å². The zero-order valence-electron chi connectivity index (χ0n) is 15.9. The number of aliphatic hydroxyl groups excluding tert-OH is 2. The Labute approximate surface area is 157 Å². The Balaban J connectivity index is 1.54. The van der Waals surface area contributed by atoms with Gasteiger partial charge in [-0.1, -0.05) is 31.4 Å². The van der Waals surface area contributed by atoms with E-state index >= 15 is 0 Å². The van der Waals surface area contributed by atoms with Gasteiger partial charge in [0.2, 0.25) is 0 Å². The fourth-order valence-electron chi connectivity index (χ4n) is 4.49. The first-order valence-corrected chi connectivity index (χ1v) is 10.2. The summed E-state index contributed by atoms with van der Waals surface area (Å²) in [6.45, 7) is 4.86. The van der Waals surface area contributed by atoms with E-state index in [1.54, 1.807) is 0 Å². The van der Waals surface area contributed by atoms with Crippen molar-refractivity contribution in [3.8, 4) is 5.75 Å². The number of aliphatic hydroxyl groups is 2. The molecule has 0 amide bonds. The zero-order valence-corrected chi connectivity index (χ0v) is 15.9. The number of nitrogens with zero attached hydrogens (tertiary/aromatic N) is 2. The molecule has 2 N–H and O–H groups in total. The summed E-state index contributed by atoms with van der Waals surface area (Å²) in [5, 5.41) is 18.4. The molecule has 2 aliphatic rings. The van der Waals surface area contributed by atoms with Crippen LogP contribution in [-0.4, -0.2) is 71.6 Å². The first kappa shape index (κ1) is 19.6. The maximum atomic E-state index is 9.54. The SMILES string of the molecule is OCCOc1ccc(CN2CCN(C3CCCCC3)[C@@H](CCO)C2)cc1. The molecule has 1 heterocycles. The highest BCUT2D eigenvalue weighted by molar-refractivity contribution is 5.27. The standard InChI is InChI=1S/C21H34N2O3/c24-13-10-20-17-22(11-12-23(20)19-4-2-1-3-5-19)16-18-6-8-21(9-7-18)26-15-14-25/h6-9,19-20,24-25H,1-5,10-17H2/t20-/m0/s1. The minimum Gasteiger partial charge on any atom is -0.491 e. The van der Waals surface area contributed by atoms with Crippen LogP contribution in [0.15, 0.2) is 24.3 Å². The van der Waals surface area contributed by atoms with Gasteiger partial charge in [0.05, 0.1) is 6.61 Å². The van der Waals surface area contributed by atoms with Gasteiger partial charge in [-0.15, -0.1) is 0 Å². The Morgan fingerprint density at radius 2 is 1.73 bits per heavy atom. The molecule has 1 aliphatic heterocycles. The van der Waals surface area contributed by atoms with E-state index in [9.17, 15) is 5.11 Å². The summed E-state index contributed by atoms with van der Waals surface area (Å²) in [5.74, 6) is 0.808. The Morgan fingerprint density at radius 1 is 0.962 bits per heavy atom. The molecule has 146 valence electrons. The van der Waals surface area contributed by atoms with Crippen LogP contribution in [0.3, 0.4) is 0 Å². The second kappa shape index (κ2) is 10.3. The first-order chi connectivity index (χ1) is 12.8. The van der Waals surface area contributed by atoms with Gasteiger partial charge in [-0.2, -0.15) is 0 Å². The minimum atomic E-state index is 0.0409. The average molecular weight is 363 g/mol. The van der Waals surface area contributed by atoms with Crippen LogP contribution in [0.5, 0.6) is 5.75 Å². The molecule has 1 aliphatic carbocycles. The fraction of sp³-hybridized carbons (Fsp3) is 0.714. The second-order valence-corrected chi connectivity index (χ2v) is 7.65. The number of hydrogen-bond acceptors (Lipinski definition) is 5. The average Bonchev–Trinajstić information content (AvgIpc) is 2.69. The normalized spacial score (nSPS) is 23.2. The third-order valence-electron chi connectivity index (χ3n) is 5.81. The van der Waals surface area contributed by atoms with Crippen LogP contribution < -0.4 is 4.74 Å². The Hall–Kier alpha value is -1.14. The van der Waals surface area contributed by atoms with E-state index in [1.165, 1.54) is 37.7 Å². The van der Waals surface area contributed by atoms with Gasteiger partial charge >= 0.3 is 0 Å². The van der Waals surface area contributed by atoms with E-state index in [2.05, 4.69) is 21.9 Å². The van der Waals surface area contributed by atoms with Gasteiger partial charge in [0.1, 0.15) is 12.4 Å². The Bertz CT molecular complexity index is 516. The molecule has 1 aromatic carbocycles. The number of piperazine rings is 1. The smallest absolute Gasteiger partial charge is 0.119 e.